The Kier molecular flexibility index (Phi) is 6.65. The molecular formula is C24H29N3O4. The molecule has 2 aromatic carbocycles. The van der Waals surface area contributed by atoms with Crippen LogP contribution in [0.2, 0.25) is 0 Å². The number of aromatic amines is 1. The molecule has 0 spiro atoms. The average molecular weight is 424 g/mol. The fourth-order valence-electron chi connectivity index (χ4n) is 3.39. The SMILES string of the molecule is CC(C)(C)Oc1ccc(C[C@H](N)C(=O)N[C@H](Cc2c[nH]c3ccccc23)C(=O)O)cc1. The van der Waals surface area contributed by atoms with Crippen LogP contribution in [0.1, 0.15) is 31.9 Å². The number of para-hydroxylation sites is 1. The Labute approximate surface area is 181 Å². The Morgan fingerprint density at radius 2 is 1.77 bits per heavy atom. The van der Waals surface area contributed by atoms with E-state index in [1.165, 1.54) is 0 Å². The lowest BCUT2D eigenvalue weighted by Gasteiger charge is -2.21. The fourth-order valence-corrected chi connectivity index (χ4v) is 3.39. The number of H-pyrrole nitrogens is 1. The van der Waals surface area contributed by atoms with Crippen molar-refractivity contribution in [2.24, 2.45) is 5.73 Å². The van der Waals surface area contributed by atoms with Gasteiger partial charge in [0.1, 0.15) is 17.4 Å². The summed E-state index contributed by atoms with van der Waals surface area (Å²) < 4.78 is 5.79. The number of fused-ring (bicyclic) bond motifs is 1. The van der Waals surface area contributed by atoms with Gasteiger partial charge in [-0.25, -0.2) is 4.79 Å². The minimum atomic E-state index is -1.10. The monoisotopic (exact) mass is 423 g/mol. The van der Waals surface area contributed by atoms with Gasteiger partial charge in [0.25, 0.3) is 0 Å². The van der Waals surface area contributed by atoms with Gasteiger partial charge in [0.2, 0.25) is 5.91 Å². The van der Waals surface area contributed by atoms with Gasteiger partial charge in [-0.15, -0.1) is 0 Å². The number of carbonyl (C=O) groups excluding carboxylic acids is 1. The number of amides is 1. The quantitative estimate of drug-likeness (QED) is 0.444. The molecule has 5 N–H and O–H groups in total. The molecule has 0 aliphatic carbocycles. The van der Waals surface area contributed by atoms with Gasteiger partial charge in [-0.1, -0.05) is 30.3 Å². The smallest absolute Gasteiger partial charge is 0.326 e. The van der Waals surface area contributed by atoms with Gasteiger partial charge in [0, 0.05) is 23.5 Å². The van der Waals surface area contributed by atoms with E-state index >= 15 is 0 Å². The van der Waals surface area contributed by atoms with Crippen LogP contribution >= 0.6 is 0 Å². The number of nitrogens with two attached hydrogens (primary N) is 1. The number of aromatic nitrogens is 1. The summed E-state index contributed by atoms with van der Waals surface area (Å²) >= 11 is 0. The minimum Gasteiger partial charge on any atom is -0.488 e. The second-order valence-corrected chi connectivity index (χ2v) is 8.63. The number of ether oxygens (including phenoxy) is 1. The molecule has 3 rings (SSSR count). The lowest BCUT2D eigenvalue weighted by molar-refractivity contribution is -0.141. The van der Waals surface area contributed by atoms with Crippen molar-refractivity contribution in [3.8, 4) is 5.75 Å². The van der Waals surface area contributed by atoms with Crippen molar-refractivity contribution in [1.29, 1.82) is 0 Å². The highest BCUT2D eigenvalue weighted by atomic mass is 16.5. The third-order valence-corrected chi connectivity index (χ3v) is 4.85. The molecule has 3 aromatic rings. The summed E-state index contributed by atoms with van der Waals surface area (Å²) in [6, 6.07) is 13.1. The van der Waals surface area contributed by atoms with Crippen molar-refractivity contribution < 1.29 is 19.4 Å². The molecule has 0 bridgehead atoms. The predicted molar refractivity (Wildman–Crippen MR) is 120 cm³/mol. The number of carboxylic acids is 1. The van der Waals surface area contributed by atoms with Crippen molar-refractivity contribution in [2.45, 2.75) is 51.3 Å². The fraction of sp³-hybridized carbons (Fsp3) is 0.333. The summed E-state index contributed by atoms with van der Waals surface area (Å²) in [6.45, 7) is 5.91. The van der Waals surface area contributed by atoms with Gasteiger partial charge in [-0.2, -0.15) is 0 Å². The first-order valence-electron chi connectivity index (χ1n) is 10.2. The Morgan fingerprint density at radius 3 is 2.42 bits per heavy atom. The van der Waals surface area contributed by atoms with Crippen LogP contribution in [0.5, 0.6) is 5.75 Å². The summed E-state index contributed by atoms with van der Waals surface area (Å²) in [7, 11) is 0. The number of carboxylic acid groups (broad SMARTS) is 1. The van der Waals surface area contributed by atoms with E-state index in [9.17, 15) is 14.7 Å². The van der Waals surface area contributed by atoms with E-state index in [-0.39, 0.29) is 12.0 Å². The van der Waals surface area contributed by atoms with Gasteiger partial charge in [-0.05, 0) is 56.5 Å². The molecule has 0 aliphatic heterocycles. The number of aliphatic carboxylic acids is 1. The van der Waals surface area contributed by atoms with Gasteiger partial charge >= 0.3 is 5.97 Å². The molecule has 1 amide bonds. The van der Waals surface area contributed by atoms with Crippen molar-refractivity contribution in [1.82, 2.24) is 10.3 Å². The molecule has 0 fully saturated rings. The Morgan fingerprint density at radius 1 is 1.10 bits per heavy atom. The second kappa shape index (κ2) is 9.22. The summed E-state index contributed by atoms with van der Waals surface area (Å²) in [5, 5.41) is 13.1. The van der Waals surface area contributed by atoms with Crippen LogP contribution in [0.15, 0.2) is 54.7 Å². The number of hydrogen-bond donors (Lipinski definition) is 4. The molecule has 164 valence electrons. The third kappa shape index (κ3) is 6.08. The van der Waals surface area contributed by atoms with E-state index in [2.05, 4.69) is 10.3 Å². The standard InChI is InChI=1S/C24H29N3O4/c1-24(2,3)31-17-10-8-15(9-11-17)12-19(25)22(28)27-21(23(29)30)13-16-14-26-20-7-5-4-6-18(16)20/h4-11,14,19,21,26H,12-13,25H2,1-3H3,(H,27,28)(H,29,30)/t19-,21+/m0/s1. The summed E-state index contributed by atoms with van der Waals surface area (Å²) in [5.74, 6) is -0.865. The maximum Gasteiger partial charge on any atom is 0.326 e. The average Bonchev–Trinajstić information content (AvgIpc) is 3.10. The second-order valence-electron chi connectivity index (χ2n) is 8.63. The van der Waals surface area contributed by atoms with Crippen molar-refractivity contribution in [3.05, 3.63) is 65.9 Å². The molecule has 1 aromatic heterocycles. The van der Waals surface area contributed by atoms with E-state index < -0.39 is 24.0 Å². The van der Waals surface area contributed by atoms with Crippen molar-refractivity contribution in [3.63, 3.8) is 0 Å². The number of nitrogens with one attached hydrogen (secondary N) is 2. The summed E-state index contributed by atoms with van der Waals surface area (Å²) in [4.78, 5) is 27.4. The van der Waals surface area contributed by atoms with Gasteiger partial charge in [-0.3, -0.25) is 4.79 Å². The number of benzene rings is 2. The molecule has 1 heterocycles. The van der Waals surface area contributed by atoms with Crippen LogP contribution < -0.4 is 15.8 Å². The molecular weight excluding hydrogens is 394 g/mol. The highest BCUT2D eigenvalue weighted by Crippen LogP contribution is 2.20. The van der Waals surface area contributed by atoms with Gasteiger partial charge in [0.15, 0.2) is 0 Å². The van der Waals surface area contributed by atoms with Crippen LogP contribution in [0.3, 0.4) is 0 Å². The molecule has 0 aliphatic rings. The van der Waals surface area contributed by atoms with E-state index in [1.807, 2.05) is 69.3 Å². The lowest BCUT2D eigenvalue weighted by atomic mass is 10.0. The zero-order valence-corrected chi connectivity index (χ0v) is 18.0. The first-order chi connectivity index (χ1) is 14.6. The number of carbonyl (C=O) groups is 2. The Hall–Kier alpha value is -3.32. The first kappa shape index (κ1) is 22.4. The Balaban J connectivity index is 1.62. The molecule has 0 saturated carbocycles. The first-order valence-corrected chi connectivity index (χ1v) is 10.2. The molecule has 31 heavy (non-hydrogen) atoms. The normalized spacial score (nSPS) is 13.5. The third-order valence-electron chi connectivity index (χ3n) is 4.85. The predicted octanol–water partition coefficient (Wildman–Crippen LogP) is 3.03. The topological polar surface area (TPSA) is 117 Å². The van der Waals surface area contributed by atoms with E-state index in [4.69, 9.17) is 10.5 Å². The zero-order chi connectivity index (χ0) is 22.6. The van der Waals surface area contributed by atoms with Crippen molar-refractivity contribution in [2.75, 3.05) is 0 Å². The molecule has 7 nitrogen and oxygen atoms in total. The number of rotatable bonds is 8. The maximum absolute atomic E-state index is 12.6. The maximum atomic E-state index is 12.6. The van der Waals surface area contributed by atoms with Crippen LogP contribution in [-0.2, 0) is 22.4 Å². The van der Waals surface area contributed by atoms with Crippen LogP contribution in [-0.4, -0.2) is 39.7 Å². The van der Waals surface area contributed by atoms with Crippen LogP contribution in [0.25, 0.3) is 10.9 Å². The largest absolute Gasteiger partial charge is 0.488 e. The molecule has 0 radical (unpaired) electrons. The molecule has 7 heteroatoms. The zero-order valence-electron chi connectivity index (χ0n) is 18.0. The van der Waals surface area contributed by atoms with E-state index in [0.29, 0.717) is 6.42 Å². The summed E-state index contributed by atoms with van der Waals surface area (Å²) in [5.41, 5.74) is 8.38. The Bertz CT molecular complexity index is 1050. The molecule has 2 atom stereocenters. The number of hydrogen-bond acceptors (Lipinski definition) is 4. The highest BCUT2D eigenvalue weighted by Gasteiger charge is 2.25. The van der Waals surface area contributed by atoms with E-state index in [1.54, 1.807) is 6.20 Å². The van der Waals surface area contributed by atoms with Crippen LogP contribution in [0.4, 0.5) is 0 Å². The lowest BCUT2D eigenvalue weighted by Crippen LogP contribution is -2.50. The highest BCUT2D eigenvalue weighted by molar-refractivity contribution is 5.88. The van der Waals surface area contributed by atoms with Gasteiger partial charge < -0.3 is 25.9 Å². The van der Waals surface area contributed by atoms with E-state index in [0.717, 1.165) is 27.8 Å². The van der Waals surface area contributed by atoms with Crippen molar-refractivity contribution >= 4 is 22.8 Å². The summed E-state index contributed by atoms with van der Waals surface area (Å²) in [6.07, 6.45) is 2.23. The molecule has 0 unspecified atom stereocenters. The van der Waals surface area contributed by atoms with Gasteiger partial charge in [0.05, 0.1) is 6.04 Å². The van der Waals surface area contributed by atoms with Crippen LogP contribution in [0, 0.1) is 0 Å². The molecule has 0 saturated heterocycles. The minimum absolute atomic E-state index is 0.163.